The van der Waals surface area contributed by atoms with Gasteiger partial charge in [-0.15, -0.1) is 0 Å². The summed E-state index contributed by atoms with van der Waals surface area (Å²) in [5, 5.41) is 3.37. The first-order valence-corrected chi connectivity index (χ1v) is 8.03. The summed E-state index contributed by atoms with van der Waals surface area (Å²) in [6.07, 6.45) is 4.79. The SMILES string of the molecule is CCNc1nc(C2CCC(C)C2)nc(CC)c1I. The highest BCUT2D eigenvalue weighted by molar-refractivity contribution is 14.1. The van der Waals surface area contributed by atoms with Gasteiger partial charge in [0, 0.05) is 12.5 Å². The van der Waals surface area contributed by atoms with E-state index in [1.165, 1.54) is 28.5 Å². The van der Waals surface area contributed by atoms with Gasteiger partial charge < -0.3 is 5.32 Å². The zero-order valence-electron chi connectivity index (χ0n) is 11.5. The Hall–Kier alpha value is -0.390. The molecule has 1 N–H and O–H groups in total. The molecule has 0 spiro atoms. The van der Waals surface area contributed by atoms with Crippen LogP contribution in [0.1, 0.15) is 57.5 Å². The van der Waals surface area contributed by atoms with Crippen LogP contribution in [0.4, 0.5) is 5.82 Å². The van der Waals surface area contributed by atoms with E-state index < -0.39 is 0 Å². The Balaban J connectivity index is 2.32. The second-order valence-corrected chi connectivity index (χ2v) is 6.27. The number of anilines is 1. The van der Waals surface area contributed by atoms with E-state index in [0.29, 0.717) is 5.92 Å². The minimum Gasteiger partial charge on any atom is -0.369 e. The Bertz CT molecular complexity index is 420. The molecule has 1 aliphatic carbocycles. The van der Waals surface area contributed by atoms with Crippen LogP contribution in [0.5, 0.6) is 0 Å². The Labute approximate surface area is 123 Å². The van der Waals surface area contributed by atoms with Crippen LogP contribution in [-0.4, -0.2) is 16.5 Å². The van der Waals surface area contributed by atoms with Crippen molar-refractivity contribution in [1.29, 1.82) is 0 Å². The van der Waals surface area contributed by atoms with E-state index in [4.69, 9.17) is 9.97 Å². The fourth-order valence-electron chi connectivity index (χ4n) is 2.66. The largest absolute Gasteiger partial charge is 0.369 e. The lowest BCUT2D eigenvalue weighted by Gasteiger charge is -2.14. The Kier molecular flexibility index (Phi) is 4.81. The average Bonchev–Trinajstić information content (AvgIpc) is 2.79. The normalized spacial score (nSPS) is 23.3. The first-order valence-electron chi connectivity index (χ1n) is 6.95. The van der Waals surface area contributed by atoms with E-state index in [-0.39, 0.29) is 0 Å². The third-order valence-electron chi connectivity index (χ3n) is 3.68. The molecule has 1 aromatic rings. The van der Waals surface area contributed by atoms with E-state index in [2.05, 4.69) is 48.7 Å². The Morgan fingerprint density at radius 2 is 2.06 bits per heavy atom. The predicted octanol–water partition coefficient (Wildman–Crippen LogP) is 3.98. The van der Waals surface area contributed by atoms with Crippen molar-refractivity contribution in [3.05, 3.63) is 15.1 Å². The van der Waals surface area contributed by atoms with Crippen LogP contribution in [-0.2, 0) is 6.42 Å². The van der Waals surface area contributed by atoms with Crippen LogP contribution >= 0.6 is 22.6 Å². The number of hydrogen-bond acceptors (Lipinski definition) is 3. The number of hydrogen-bond donors (Lipinski definition) is 1. The molecule has 2 unspecified atom stereocenters. The van der Waals surface area contributed by atoms with Crippen LogP contribution in [0.3, 0.4) is 0 Å². The average molecular weight is 359 g/mol. The molecule has 100 valence electrons. The van der Waals surface area contributed by atoms with Gasteiger partial charge in [0.25, 0.3) is 0 Å². The van der Waals surface area contributed by atoms with Crippen molar-refractivity contribution in [2.75, 3.05) is 11.9 Å². The molecule has 0 aromatic carbocycles. The summed E-state index contributed by atoms with van der Waals surface area (Å²) in [5.74, 6) is 3.48. The number of aromatic nitrogens is 2. The molecule has 1 aliphatic rings. The molecule has 1 saturated carbocycles. The molecule has 0 saturated heterocycles. The van der Waals surface area contributed by atoms with Crippen molar-refractivity contribution in [3.63, 3.8) is 0 Å². The van der Waals surface area contributed by atoms with Crippen molar-refractivity contribution < 1.29 is 0 Å². The number of nitrogens with zero attached hydrogens (tertiary/aromatic N) is 2. The van der Waals surface area contributed by atoms with E-state index in [0.717, 1.165) is 30.5 Å². The molecule has 4 heteroatoms. The van der Waals surface area contributed by atoms with Gasteiger partial charge in [0.05, 0.1) is 9.26 Å². The van der Waals surface area contributed by atoms with Crippen LogP contribution in [0, 0.1) is 9.49 Å². The summed E-state index contributed by atoms with van der Waals surface area (Å²) in [5.41, 5.74) is 1.19. The zero-order chi connectivity index (χ0) is 13.1. The highest BCUT2D eigenvalue weighted by atomic mass is 127. The molecule has 0 bridgehead atoms. The molecule has 2 rings (SSSR count). The lowest BCUT2D eigenvalue weighted by atomic mass is 10.1. The smallest absolute Gasteiger partial charge is 0.143 e. The highest BCUT2D eigenvalue weighted by Gasteiger charge is 2.26. The number of rotatable bonds is 4. The van der Waals surface area contributed by atoms with E-state index >= 15 is 0 Å². The summed E-state index contributed by atoms with van der Waals surface area (Å²) in [6, 6.07) is 0. The minimum absolute atomic E-state index is 0.569. The number of halogens is 1. The summed E-state index contributed by atoms with van der Waals surface area (Å²) < 4.78 is 1.19. The number of aryl methyl sites for hydroxylation is 1. The maximum atomic E-state index is 4.79. The lowest BCUT2D eigenvalue weighted by Crippen LogP contribution is -2.11. The monoisotopic (exact) mass is 359 g/mol. The summed E-state index contributed by atoms with van der Waals surface area (Å²) >= 11 is 2.36. The van der Waals surface area contributed by atoms with E-state index in [1.807, 2.05) is 0 Å². The summed E-state index contributed by atoms with van der Waals surface area (Å²) in [4.78, 5) is 9.55. The van der Waals surface area contributed by atoms with Crippen LogP contribution in [0.15, 0.2) is 0 Å². The van der Waals surface area contributed by atoms with Gasteiger partial charge in [0.15, 0.2) is 0 Å². The maximum Gasteiger partial charge on any atom is 0.143 e. The summed E-state index contributed by atoms with van der Waals surface area (Å²) in [6.45, 7) is 7.53. The van der Waals surface area contributed by atoms with Crippen molar-refractivity contribution in [1.82, 2.24) is 9.97 Å². The highest BCUT2D eigenvalue weighted by Crippen LogP contribution is 2.37. The van der Waals surface area contributed by atoms with Gasteiger partial charge >= 0.3 is 0 Å². The Morgan fingerprint density at radius 3 is 2.61 bits per heavy atom. The second-order valence-electron chi connectivity index (χ2n) is 5.19. The van der Waals surface area contributed by atoms with Gasteiger partial charge in [0.1, 0.15) is 11.6 Å². The van der Waals surface area contributed by atoms with Gasteiger partial charge in [-0.25, -0.2) is 9.97 Å². The fourth-order valence-corrected chi connectivity index (χ4v) is 3.47. The molecule has 1 heterocycles. The third kappa shape index (κ3) is 2.95. The van der Waals surface area contributed by atoms with Crippen LogP contribution in [0.25, 0.3) is 0 Å². The molecular formula is C14H22IN3. The molecule has 18 heavy (non-hydrogen) atoms. The molecule has 1 fully saturated rings. The first kappa shape index (κ1) is 14.0. The zero-order valence-corrected chi connectivity index (χ0v) is 13.6. The molecule has 0 radical (unpaired) electrons. The topological polar surface area (TPSA) is 37.8 Å². The van der Waals surface area contributed by atoms with Gasteiger partial charge in [-0.05, 0) is 61.1 Å². The Morgan fingerprint density at radius 1 is 1.28 bits per heavy atom. The molecule has 0 aliphatic heterocycles. The number of nitrogens with one attached hydrogen (secondary N) is 1. The standard InChI is InChI=1S/C14H22IN3/c1-4-11-12(15)14(16-5-2)18-13(17-11)10-7-6-9(3)8-10/h9-10H,4-8H2,1-3H3,(H,16,17,18). The lowest BCUT2D eigenvalue weighted by molar-refractivity contribution is 0.584. The van der Waals surface area contributed by atoms with Crippen molar-refractivity contribution in [3.8, 4) is 0 Å². The second kappa shape index (κ2) is 6.17. The quantitative estimate of drug-likeness (QED) is 0.827. The van der Waals surface area contributed by atoms with Gasteiger partial charge in [-0.3, -0.25) is 0 Å². The predicted molar refractivity (Wildman–Crippen MR) is 84.0 cm³/mol. The van der Waals surface area contributed by atoms with Gasteiger partial charge in [-0.1, -0.05) is 13.8 Å². The van der Waals surface area contributed by atoms with E-state index in [1.54, 1.807) is 0 Å². The van der Waals surface area contributed by atoms with Crippen LogP contribution in [0.2, 0.25) is 0 Å². The van der Waals surface area contributed by atoms with Crippen molar-refractivity contribution >= 4 is 28.4 Å². The maximum absolute atomic E-state index is 4.79. The third-order valence-corrected chi connectivity index (χ3v) is 4.81. The van der Waals surface area contributed by atoms with E-state index in [9.17, 15) is 0 Å². The van der Waals surface area contributed by atoms with Crippen molar-refractivity contribution in [2.24, 2.45) is 5.92 Å². The first-order chi connectivity index (χ1) is 8.65. The molecule has 3 nitrogen and oxygen atoms in total. The van der Waals surface area contributed by atoms with Gasteiger partial charge in [-0.2, -0.15) is 0 Å². The van der Waals surface area contributed by atoms with Crippen LogP contribution < -0.4 is 5.32 Å². The molecule has 0 amide bonds. The molecular weight excluding hydrogens is 337 g/mol. The molecule has 1 aromatic heterocycles. The van der Waals surface area contributed by atoms with Crippen molar-refractivity contribution in [2.45, 2.75) is 52.4 Å². The molecule has 2 atom stereocenters. The fraction of sp³-hybridized carbons (Fsp3) is 0.714. The van der Waals surface area contributed by atoms with Gasteiger partial charge in [0.2, 0.25) is 0 Å². The minimum atomic E-state index is 0.569. The summed E-state index contributed by atoms with van der Waals surface area (Å²) in [7, 11) is 0.